The molecule has 0 aromatic heterocycles. The highest BCUT2D eigenvalue weighted by atomic mass is 16.5. The molecule has 0 radical (unpaired) electrons. The normalized spacial score (nSPS) is 27.5. The van der Waals surface area contributed by atoms with E-state index in [0.717, 1.165) is 5.56 Å². The zero-order chi connectivity index (χ0) is 12.1. The van der Waals surface area contributed by atoms with Crippen LogP contribution >= 0.6 is 0 Å². The van der Waals surface area contributed by atoms with Crippen molar-refractivity contribution < 1.29 is 9.84 Å². The van der Waals surface area contributed by atoms with Gasteiger partial charge in [0.2, 0.25) is 0 Å². The summed E-state index contributed by atoms with van der Waals surface area (Å²) in [4.78, 5) is 0. The lowest BCUT2D eigenvalue weighted by Gasteiger charge is -2.21. The number of benzene rings is 1. The first-order chi connectivity index (χ1) is 8.31. The Labute approximate surface area is 102 Å². The predicted molar refractivity (Wildman–Crippen MR) is 67.3 cm³/mol. The van der Waals surface area contributed by atoms with E-state index < -0.39 is 0 Å². The van der Waals surface area contributed by atoms with Gasteiger partial charge >= 0.3 is 0 Å². The van der Waals surface area contributed by atoms with Crippen molar-refractivity contribution in [2.75, 3.05) is 13.2 Å². The molecule has 0 amide bonds. The van der Waals surface area contributed by atoms with Crippen LogP contribution in [-0.4, -0.2) is 24.4 Å². The Morgan fingerprint density at radius 1 is 1.18 bits per heavy atom. The summed E-state index contributed by atoms with van der Waals surface area (Å²) in [6, 6.07) is 10.1. The average molecular weight is 233 g/mol. The smallest absolute Gasteiger partial charge is 0.0717 e. The Bertz CT molecular complexity index is 364. The van der Waals surface area contributed by atoms with Crippen LogP contribution in [0.3, 0.4) is 0 Å². The fourth-order valence-corrected chi connectivity index (χ4v) is 2.16. The van der Waals surface area contributed by atoms with Crippen LogP contribution in [-0.2, 0) is 11.3 Å². The summed E-state index contributed by atoms with van der Waals surface area (Å²) < 4.78 is 5.68. The van der Waals surface area contributed by atoms with Crippen molar-refractivity contribution in [2.24, 2.45) is 17.6 Å². The molecule has 0 saturated heterocycles. The lowest BCUT2D eigenvalue weighted by molar-refractivity contribution is 0.0611. The SMILES string of the molecule is N[C@H]1C=C[C@@H](CO)[C@@H]1COCc1ccccc1. The summed E-state index contributed by atoms with van der Waals surface area (Å²) in [6.07, 6.45) is 3.94. The zero-order valence-electron chi connectivity index (χ0n) is 9.83. The van der Waals surface area contributed by atoms with Crippen molar-refractivity contribution in [1.29, 1.82) is 0 Å². The lowest BCUT2D eigenvalue weighted by atomic mass is 9.94. The quantitative estimate of drug-likeness (QED) is 0.754. The minimum Gasteiger partial charge on any atom is -0.396 e. The summed E-state index contributed by atoms with van der Waals surface area (Å²) in [5.41, 5.74) is 7.11. The molecule has 3 heteroatoms. The van der Waals surface area contributed by atoms with Gasteiger partial charge in [-0.25, -0.2) is 0 Å². The van der Waals surface area contributed by atoms with Gasteiger partial charge in [0.15, 0.2) is 0 Å². The van der Waals surface area contributed by atoms with Crippen LogP contribution in [0, 0.1) is 11.8 Å². The van der Waals surface area contributed by atoms with Crippen molar-refractivity contribution in [3.8, 4) is 0 Å². The molecule has 0 fully saturated rings. The Hall–Kier alpha value is -1.16. The van der Waals surface area contributed by atoms with Crippen molar-refractivity contribution in [1.82, 2.24) is 0 Å². The molecule has 2 rings (SSSR count). The maximum absolute atomic E-state index is 9.21. The monoisotopic (exact) mass is 233 g/mol. The largest absolute Gasteiger partial charge is 0.396 e. The molecule has 3 nitrogen and oxygen atoms in total. The van der Waals surface area contributed by atoms with Gasteiger partial charge in [-0.2, -0.15) is 0 Å². The van der Waals surface area contributed by atoms with Crippen molar-refractivity contribution in [3.05, 3.63) is 48.0 Å². The van der Waals surface area contributed by atoms with E-state index in [0.29, 0.717) is 13.2 Å². The number of aliphatic hydroxyl groups is 1. The van der Waals surface area contributed by atoms with Gasteiger partial charge in [-0.3, -0.25) is 0 Å². The molecular weight excluding hydrogens is 214 g/mol. The molecule has 1 aromatic rings. The van der Waals surface area contributed by atoms with Crippen LogP contribution in [0.2, 0.25) is 0 Å². The van der Waals surface area contributed by atoms with Gasteiger partial charge in [0, 0.05) is 24.5 Å². The second-order valence-electron chi connectivity index (χ2n) is 4.47. The molecule has 3 atom stereocenters. The number of nitrogens with two attached hydrogens (primary N) is 1. The minimum absolute atomic E-state index is 0.00271. The first-order valence-electron chi connectivity index (χ1n) is 5.97. The molecule has 17 heavy (non-hydrogen) atoms. The van der Waals surface area contributed by atoms with Gasteiger partial charge in [0.25, 0.3) is 0 Å². The molecule has 0 spiro atoms. The summed E-state index contributed by atoms with van der Waals surface area (Å²) in [5.74, 6) is 0.337. The maximum Gasteiger partial charge on any atom is 0.0717 e. The zero-order valence-corrected chi connectivity index (χ0v) is 9.83. The summed E-state index contributed by atoms with van der Waals surface area (Å²) in [7, 11) is 0. The molecule has 0 saturated carbocycles. The van der Waals surface area contributed by atoms with E-state index in [2.05, 4.69) is 0 Å². The third-order valence-electron chi connectivity index (χ3n) is 3.26. The summed E-state index contributed by atoms with van der Waals surface area (Å²) >= 11 is 0. The van der Waals surface area contributed by atoms with E-state index in [9.17, 15) is 5.11 Å². The highest BCUT2D eigenvalue weighted by Gasteiger charge is 2.28. The highest BCUT2D eigenvalue weighted by Crippen LogP contribution is 2.24. The average Bonchev–Trinajstić information content (AvgIpc) is 2.72. The van der Waals surface area contributed by atoms with Crippen LogP contribution in [0.25, 0.3) is 0 Å². The van der Waals surface area contributed by atoms with E-state index in [1.165, 1.54) is 0 Å². The van der Waals surface area contributed by atoms with Gasteiger partial charge < -0.3 is 15.6 Å². The Balaban J connectivity index is 1.79. The summed E-state index contributed by atoms with van der Waals surface area (Å²) in [6.45, 7) is 1.33. The second kappa shape index (κ2) is 5.96. The Morgan fingerprint density at radius 3 is 2.65 bits per heavy atom. The lowest BCUT2D eigenvalue weighted by Crippen LogP contribution is -2.33. The number of hydrogen-bond donors (Lipinski definition) is 2. The van der Waals surface area contributed by atoms with E-state index in [1.54, 1.807) is 0 Å². The van der Waals surface area contributed by atoms with Crippen LogP contribution in [0.5, 0.6) is 0 Å². The second-order valence-corrected chi connectivity index (χ2v) is 4.47. The Kier molecular flexibility index (Phi) is 4.31. The number of aliphatic hydroxyl groups excluding tert-OH is 1. The number of ether oxygens (including phenoxy) is 1. The highest BCUT2D eigenvalue weighted by molar-refractivity contribution is 5.13. The summed E-state index contributed by atoms with van der Waals surface area (Å²) in [5, 5.41) is 9.21. The first-order valence-corrected chi connectivity index (χ1v) is 5.97. The molecule has 0 aliphatic heterocycles. The van der Waals surface area contributed by atoms with E-state index >= 15 is 0 Å². The van der Waals surface area contributed by atoms with E-state index in [-0.39, 0.29) is 24.5 Å². The molecule has 0 heterocycles. The predicted octanol–water partition coefficient (Wildman–Crippen LogP) is 1.32. The van der Waals surface area contributed by atoms with Gasteiger partial charge in [0.05, 0.1) is 13.2 Å². The van der Waals surface area contributed by atoms with Crippen molar-refractivity contribution in [2.45, 2.75) is 12.6 Å². The fraction of sp³-hybridized carbons (Fsp3) is 0.429. The van der Waals surface area contributed by atoms with E-state index in [4.69, 9.17) is 10.5 Å². The standard InChI is InChI=1S/C14H19NO2/c15-14-7-6-12(8-16)13(14)10-17-9-11-4-2-1-3-5-11/h1-7,12-14,16H,8-10,15H2/t12-,13-,14-/m0/s1. The Morgan fingerprint density at radius 2 is 1.94 bits per heavy atom. The molecule has 0 unspecified atom stereocenters. The van der Waals surface area contributed by atoms with Gasteiger partial charge in [0.1, 0.15) is 0 Å². The molecule has 1 aliphatic rings. The molecule has 92 valence electrons. The van der Waals surface area contributed by atoms with Gasteiger partial charge in [-0.15, -0.1) is 0 Å². The van der Waals surface area contributed by atoms with Crippen LogP contribution in [0.4, 0.5) is 0 Å². The maximum atomic E-state index is 9.21. The third kappa shape index (κ3) is 3.16. The topological polar surface area (TPSA) is 55.5 Å². The van der Waals surface area contributed by atoms with Crippen LogP contribution in [0.1, 0.15) is 5.56 Å². The molecule has 1 aromatic carbocycles. The molecule has 1 aliphatic carbocycles. The number of rotatable bonds is 5. The molecular formula is C14H19NO2. The molecule has 3 N–H and O–H groups in total. The molecule has 0 bridgehead atoms. The fourth-order valence-electron chi connectivity index (χ4n) is 2.16. The number of hydrogen-bond acceptors (Lipinski definition) is 3. The third-order valence-corrected chi connectivity index (χ3v) is 3.26. The van der Waals surface area contributed by atoms with Crippen LogP contribution < -0.4 is 5.73 Å². The van der Waals surface area contributed by atoms with Gasteiger partial charge in [-0.05, 0) is 5.56 Å². The van der Waals surface area contributed by atoms with Crippen LogP contribution in [0.15, 0.2) is 42.5 Å². The van der Waals surface area contributed by atoms with E-state index in [1.807, 2.05) is 42.5 Å². The van der Waals surface area contributed by atoms with Gasteiger partial charge in [-0.1, -0.05) is 42.5 Å². The van der Waals surface area contributed by atoms with Crippen molar-refractivity contribution >= 4 is 0 Å². The minimum atomic E-state index is 0.00271. The van der Waals surface area contributed by atoms with Crippen molar-refractivity contribution in [3.63, 3.8) is 0 Å². The first kappa shape index (κ1) is 12.3.